The van der Waals surface area contributed by atoms with E-state index in [9.17, 15) is 9.90 Å². The van der Waals surface area contributed by atoms with E-state index in [1.165, 1.54) is 0 Å². The minimum Gasteiger partial charge on any atom is -0.394 e. The van der Waals surface area contributed by atoms with E-state index in [-0.39, 0.29) is 18.6 Å². The summed E-state index contributed by atoms with van der Waals surface area (Å²) < 4.78 is 0. The fourth-order valence-corrected chi connectivity index (χ4v) is 2.78. The SMILES string of the molecule is O=C(Cc1cccc2ccccc12)N[C@H](CO)c1ccccc1. The zero-order valence-electron chi connectivity index (χ0n) is 12.8. The van der Waals surface area contributed by atoms with Crippen molar-refractivity contribution in [3.05, 3.63) is 83.9 Å². The predicted octanol–water partition coefficient (Wildman–Crippen LogP) is 3.23. The molecule has 0 saturated carbocycles. The minimum absolute atomic E-state index is 0.0933. The summed E-state index contributed by atoms with van der Waals surface area (Å²) in [6.45, 7) is -0.120. The van der Waals surface area contributed by atoms with Crippen LogP contribution in [0.3, 0.4) is 0 Å². The van der Waals surface area contributed by atoms with E-state index in [2.05, 4.69) is 5.32 Å². The van der Waals surface area contributed by atoms with E-state index in [1.54, 1.807) is 0 Å². The topological polar surface area (TPSA) is 49.3 Å². The molecule has 0 heterocycles. The first-order chi connectivity index (χ1) is 11.3. The fourth-order valence-electron chi connectivity index (χ4n) is 2.78. The average molecular weight is 305 g/mol. The molecule has 0 aliphatic carbocycles. The van der Waals surface area contributed by atoms with Gasteiger partial charge in [0.1, 0.15) is 0 Å². The van der Waals surface area contributed by atoms with Crippen LogP contribution in [-0.4, -0.2) is 17.6 Å². The van der Waals surface area contributed by atoms with Gasteiger partial charge >= 0.3 is 0 Å². The lowest BCUT2D eigenvalue weighted by atomic mass is 10.0. The molecule has 3 nitrogen and oxygen atoms in total. The van der Waals surface area contributed by atoms with Crippen molar-refractivity contribution in [3.63, 3.8) is 0 Å². The van der Waals surface area contributed by atoms with Crippen LogP contribution in [0.4, 0.5) is 0 Å². The van der Waals surface area contributed by atoms with Crippen LogP contribution >= 0.6 is 0 Å². The number of hydrogen-bond donors (Lipinski definition) is 2. The Labute approximate surface area is 135 Å². The number of amides is 1. The molecule has 0 aliphatic rings. The predicted molar refractivity (Wildman–Crippen MR) is 92.1 cm³/mol. The number of fused-ring (bicyclic) bond motifs is 1. The second kappa shape index (κ2) is 7.07. The van der Waals surface area contributed by atoms with Crippen molar-refractivity contribution < 1.29 is 9.90 Å². The maximum absolute atomic E-state index is 12.4. The zero-order chi connectivity index (χ0) is 16.1. The Hall–Kier alpha value is -2.65. The molecular weight excluding hydrogens is 286 g/mol. The van der Waals surface area contributed by atoms with Crippen LogP contribution in [0.1, 0.15) is 17.2 Å². The second-order valence-electron chi connectivity index (χ2n) is 5.53. The van der Waals surface area contributed by atoms with Crippen LogP contribution in [-0.2, 0) is 11.2 Å². The molecule has 1 atom stereocenters. The highest BCUT2D eigenvalue weighted by Crippen LogP contribution is 2.19. The minimum atomic E-state index is -0.376. The molecule has 3 rings (SSSR count). The standard InChI is InChI=1S/C20H19NO2/c22-14-19(16-8-2-1-3-9-16)21-20(23)13-17-11-6-10-15-7-4-5-12-18(15)17/h1-12,19,22H,13-14H2,(H,21,23)/t19-/m1/s1. The molecule has 0 radical (unpaired) electrons. The molecule has 3 aromatic carbocycles. The summed E-state index contributed by atoms with van der Waals surface area (Å²) in [7, 11) is 0. The maximum Gasteiger partial charge on any atom is 0.225 e. The van der Waals surface area contributed by atoms with E-state index in [0.717, 1.165) is 21.9 Å². The highest BCUT2D eigenvalue weighted by molar-refractivity contribution is 5.90. The molecule has 0 aromatic heterocycles. The van der Waals surface area contributed by atoms with Gasteiger partial charge in [0.05, 0.1) is 19.1 Å². The Morgan fingerprint density at radius 1 is 0.913 bits per heavy atom. The summed E-state index contributed by atoms with van der Waals surface area (Å²) in [6, 6.07) is 23.1. The number of rotatable bonds is 5. The number of carbonyl (C=O) groups is 1. The molecule has 1 amide bonds. The molecule has 0 unspecified atom stereocenters. The van der Waals surface area contributed by atoms with Crippen molar-refractivity contribution in [2.75, 3.05) is 6.61 Å². The molecule has 0 saturated heterocycles. The molecule has 0 spiro atoms. The smallest absolute Gasteiger partial charge is 0.225 e. The third-order valence-corrected chi connectivity index (χ3v) is 3.95. The summed E-state index contributed by atoms with van der Waals surface area (Å²) in [6.07, 6.45) is 0.296. The highest BCUT2D eigenvalue weighted by Gasteiger charge is 2.14. The molecule has 0 aliphatic heterocycles. The summed E-state index contributed by atoms with van der Waals surface area (Å²) in [4.78, 5) is 12.4. The van der Waals surface area contributed by atoms with Crippen LogP contribution in [0, 0.1) is 0 Å². The number of hydrogen-bond acceptors (Lipinski definition) is 2. The summed E-state index contributed by atoms with van der Waals surface area (Å²) in [5.74, 6) is -0.0933. The van der Waals surface area contributed by atoms with Crippen molar-refractivity contribution in [2.24, 2.45) is 0 Å². The highest BCUT2D eigenvalue weighted by atomic mass is 16.3. The quantitative estimate of drug-likeness (QED) is 0.760. The van der Waals surface area contributed by atoms with E-state index in [1.807, 2.05) is 72.8 Å². The molecule has 23 heavy (non-hydrogen) atoms. The van der Waals surface area contributed by atoms with Crippen molar-refractivity contribution >= 4 is 16.7 Å². The van der Waals surface area contributed by atoms with Gasteiger partial charge in [-0.25, -0.2) is 0 Å². The number of nitrogens with one attached hydrogen (secondary N) is 1. The Bertz CT molecular complexity index is 794. The largest absolute Gasteiger partial charge is 0.394 e. The van der Waals surface area contributed by atoms with Crippen LogP contribution in [0.5, 0.6) is 0 Å². The van der Waals surface area contributed by atoms with Crippen molar-refractivity contribution in [1.82, 2.24) is 5.32 Å². The monoisotopic (exact) mass is 305 g/mol. The first-order valence-electron chi connectivity index (χ1n) is 7.70. The molecule has 0 fully saturated rings. The molecule has 116 valence electrons. The third-order valence-electron chi connectivity index (χ3n) is 3.95. The summed E-state index contributed by atoms with van der Waals surface area (Å²) in [5, 5.41) is 14.7. The second-order valence-corrected chi connectivity index (χ2v) is 5.53. The Kier molecular flexibility index (Phi) is 4.69. The van der Waals surface area contributed by atoms with Gasteiger partial charge in [-0.2, -0.15) is 0 Å². The number of aliphatic hydroxyl groups excluding tert-OH is 1. The lowest BCUT2D eigenvalue weighted by Gasteiger charge is -2.17. The van der Waals surface area contributed by atoms with Crippen molar-refractivity contribution in [2.45, 2.75) is 12.5 Å². The van der Waals surface area contributed by atoms with E-state index in [4.69, 9.17) is 0 Å². The molecule has 3 heteroatoms. The Morgan fingerprint density at radius 2 is 1.61 bits per heavy atom. The molecule has 0 bridgehead atoms. The van der Waals surface area contributed by atoms with Gasteiger partial charge < -0.3 is 10.4 Å². The van der Waals surface area contributed by atoms with Gasteiger partial charge in [0.2, 0.25) is 5.91 Å². The molecule has 3 aromatic rings. The summed E-state index contributed by atoms with van der Waals surface area (Å²) in [5.41, 5.74) is 1.90. The molecular formula is C20H19NO2. The summed E-state index contributed by atoms with van der Waals surface area (Å²) >= 11 is 0. The van der Waals surface area contributed by atoms with Crippen molar-refractivity contribution in [3.8, 4) is 0 Å². The van der Waals surface area contributed by atoms with E-state index < -0.39 is 0 Å². The van der Waals surface area contributed by atoms with E-state index >= 15 is 0 Å². The van der Waals surface area contributed by atoms with Gasteiger partial charge in [-0.15, -0.1) is 0 Å². The zero-order valence-corrected chi connectivity index (χ0v) is 12.8. The first-order valence-corrected chi connectivity index (χ1v) is 7.70. The lowest BCUT2D eigenvalue weighted by molar-refractivity contribution is -0.121. The van der Waals surface area contributed by atoms with Gasteiger partial charge in [-0.3, -0.25) is 4.79 Å². The van der Waals surface area contributed by atoms with Crippen LogP contribution in [0.25, 0.3) is 10.8 Å². The Morgan fingerprint density at radius 3 is 2.39 bits per heavy atom. The van der Waals surface area contributed by atoms with Gasteiger partial charge in [-0.05, 0) is 21.9 Å². The molecule has 2 N–H and O–H groups in total. The van der Waals surface area contributed by atoms with Gasteiger partial charge in [0.25, 0.3) is 0 Å². The van der Waals surface area contributed by atoms with Crippen LogP contribution in [0.2, 0.25) is 0 Å². The normalized spacial score (nSPS) is 12.0. The Balaban J connectivity index is 1.76. The number of carbonyl (C=O) groups excluding carboxylic acids is 1. The third kappa shape index (κ3) is 3.58. The number of aliphatic hydroxyl groups is 1. The van der Waals surface area contributed by atoms with E-state index in [0.29, 0.717) is 6.42 Å². The lowest BCUT2D eigenvalue weighted by Crippen LogP contribution is -2.31. The maximum atomic E-state index is 12.4. The van der Waals surface area contributed by atoms with Gasteiger partial charge in [0, 0.05) is 0 Å². The van der Waals surface area contributed by atoms with Gasteiger partial charge in [-0.1, -0.05) is 72.8 Å². The van der Waals surface area contributed by atoms with Crippen LogP contribution in [0.15, 0.2) is 72.8 Å². The first kappa shape index (κ1) is 15.3. The van der Waals surface area contributed by atoms with Crippen molar-refractivity contribution in [1.29, 1.82) is 0 Å². The number of benzene rings is 3. The van der Waals surface area contributed by atoms with Gasteiger partial charge in [0.15, 0.2) is 0 Å². The average Bonchev–Trinajstić information content (AvgIpc) is 2.61. The fraction of sp³-hybridized carbons (Fsp3) is 0.150. The van der Waals surface area contributed by atoms with Crippen LogP contribution < -0.4 is 5.32 Å².